The summed E-state index contributed by atoms with van der Waals surface area (Å²) < 4.78 is 5.35. The molecule has 0 saturated heterocycles. The molecule has 1 aromatic rings. The highest BCUT2D eigenvalue weighted by Crippen LogP contribution is 2.55. The number of nitrogens with one attached hydrogen (secondary N) is 1. The first kappa shape index (κ1) is 31.5. The summed E-state index contributed by atoms with van der Waals surface area (Å²) in [6.45, 7) is 5.12. The number of aliphatic imine (C=N–C) groups is 1. The summed E-state index contributed by atoms with van der Waals surface area (Å²) in [5, 5.41) is 3.09. The van der Waals surface area contributed by atoms with E-state index >= 15 is 0 Å². The SMILES string of the molecule is CC1=CCCCC1=NCCCCC1=C(NC(=O)c2ccco2)C=C(C(=O)C(C)CCC2(CC3=CCCCCC3)CC2)CC1. The summed E-state index contributed by atoms with van der Waals surface area (Å²) in [5.74, 6) is 0.286. The molecular weight excluding hydrogens is 532 g/mol. The summed E-state index contributed by atoms with van der Waals surface area (Å²) in [6.07, 6.45) is 28.8. The van der Waals surface area contributed by atoms with Gasteiger partial charge in [-0.25, -0.2) is 0 Å². The van der Waals surface area contributed by atoms with Crippen LogP contribution in [0.1, 0.15) is 140 Å². The Bertz CT molecular complexity index is 1290. The Morgan fingerprint density at radius 2 is 1.88 bits per heavy atom. The first-order valence-electron chi connectivity index (χ1n) is 17.1. The Hall–Kier alpha value is -2.95. The number of hydrogen-bond donors (Lipinski definition) is 1. The van der Waals surface area contributed by atoms with Gasteiger partial charge in [0.1, 0.15) is 0 Å². The number of nitrogens with zero attached hydrogens (tertiary/aromatic N) is 1. The molecule has 1 unspecified atom stereocenters. The number of unbranched alkanes of at least 4 members (excludes halogenated alkanes) is 1. The first-order valence-corrected chi connectivity index (χ1v) is 17.1. The maximum atomic E-state index is 13.7. The van der Waals surface area contributed by atoms with Crippen LogP contribution in [0, 0.1) is 11.3 Å². The van der Waals surface area contributed by atoms with Crippen molar-refractivity contribution >= 4 is 17.4 Å². The molecule has 1 amide bonds. The lowest BCUT2D eigenvalue weighted by atomic mass is 9.83. The second-order valence-electron chi connectivity index (χ2n) is 13.6. The zero-order chi connectivity index (χ0) is 30.1. The molecular formula is C38H52N2O3. The maximum Gasteiger partial charge on any atom is 0.291 e. The minimum absolute atomic E-state index is 0.00631. The topological polar surface area (TPSA) is 71.7 Å². The van der Waals surface area contributed by atoms with Gasteiger partial charge in [0.05, 0.1) is 6.26 Å². The van der Waals surface area contributed by atoms with Gasteiger partial charge in [-0.15, -0.1) is 0 Å². The van der Waals surface area contributed by atoms with Crippen molar-refractivity contribution in [1.82, 2.24) is 5.32 Å². The standard InChI is InChI=1S/C38H52N2O3/c1-28-12-7-8-16-33(28)39-24-10-9-15-31-18-19-32(26-34(31)40-37(42)35-17-11-25-43-35)36(41)29(2)20-21-38(22-23-38)27-30-13-5-3-4-6-14-30/h11-13,17,25-26,29H,3-10,14-16,18-24,27H2,1-2H3,(H,40,42). The fourth-order valence-corrected chi connectivity index (χ4v) is 7.10. The van der Waals surface area contributed by atoms with Crippen LogP contribution >= 0.6 is 0 Å². The molecule has 43 heavy (non-hydrogen) atoms. The van der Waals surface area contributed by atoms with Gasteiger partial charge in [0.2, 0.25) is 0 Å². The molecule has 1 heterocycles. The van der Waals surface area contributed by atoms with Crippen molar-refractivity contribution in [2.75, 3.05) is 6.54 Å². The molecule has 0 radical (unpaired) electrons. The largest absolute Gasteiger partial charge is 0.459 e. The van der Waals surface area contributed by atoms with Gasteiger partial charge >= 0.3 is 0 Å². The zero-order valence-corrected chi connectivity index (χ0v) is 26.6. The third-order valence-electron chi connectivity index (χ3n) is 10.2. The molecule has 1 atom stereocenters. The van der Waals surface area contributed by atoms with E-state index in [1.807, 2.05) is 6.08 Å². The number of rotatable bonds is 14. The van der Waals surface area contributed by atoms with E-state index in [2.05, 4.69) is 31.3 Å². The van der Waals surface area contributed by atoms with E-state index in [0.29, 0.717) is 5.41 Å². The van der Waals surface area contributed by atoms with Crippen LogP contribution < -0.4 is 5.32 Å². The summed E-state index contributed by atoms with van der Waals surface area (Å²) in [4.78, 5) is 31.5. The number of Topliss-reactive ketones (excluding diaryl/α,β-unsaturated/α-hetero) is 1. The van der Waals surface area contributed by atoms with Crippen molar-refractivity contribution in [3.63, 3.8) is 0 Å². The Morgan fingerprint density at radius 3 is 2.67 bits per heavy atom. The van der Waals surface area contributed by atoms with Crippen LogP contribution in [0.5, 0.6) is 0 Å². The van der Waals surface area contributed by atoms with Crippen LogP contribution in [-0.4, -0.2) is 23.9 Å². The van der Waals surface area contributed by atoms with Gasteiger partial charge in [0, 0.05) is 23.9 Å². The van der Waals surface area contributed by atoms with E-state index in [1.165, 1.54) is 87.3 Å². The van der Waals surface area contributed by atoms with E-state index in [4.69, 9.17) is 9.41 Å². The maximum absolute atomic E-state index is 13.7. The van der Waals surface area contributed by atoms with Crippen LogP contribution in [0.25, 0.3) is 0 Å². The summed E-state index contributed by atoms with van der Waals surface area (Å²) in [5.41, 5.74) is 7.59. The van der Waals surface area contributed by atoms with Gasteiger partial charge in [-0.3, -0.25) is 14.6 Å². The number of furan rings is 1. The van der Waals surface area contributed by atoms with Crippen molar-refractivity contribution in [2.45, 2.75) is 129 Å². The van der Waals surface area contributed by atoms with Crippen molar-refractivity contribution in [1.29, 1.82) is 0 Å². The Labute approximate surface area is 259 Å². The lowest BCUT2D eigenvalue weighted by Gasteiger charge is -2.23. The molecule has 1 aromatic heterocycles. The van der Waals surface area contributed by atoms with Crippen molar-refractivity contribution in [2.24, 2.45) is 16.3 Å². The van der Waals surface area contributed by atoms with Gasteiger partial charge in [0.15, 0.2) is 11.5 Å². The zero-order valence-electron chi connectivity index (χ0n) is 26.6. The van der Waals surface area contributed by atoms with Crippen molar-refractivity contribution < 1.29 is 14.0 Å². The molecule has 1 fully saturated rings. The van der Waals surface area contributed by atoms with E-state index in [0.717, 1.165) is 69.2 Å². The molecule has 0 aromatic carbocycles. The van der Waals surface area contributed by atoms with E-state index < -0.39 is 0 Å². The number of allylic oxidation sites excluding steroid dienone is 7. The van der Waals surface area contributed by atoms with Crippen LogP contribution in [0.15, 0.2) is 74.0 Å². The highest BCUT2D eigenvalue weighted by atomic mass is 16.3. The average molecular weight is 585 g/mol. The Kier molecular flexibility index (Phi) is 11.1. The fraction of sp³-hybridized carbons (Fsp3) is 0.605. The average Bonchev–Trinajstić information content (AvgIpc) is 3.65. The Balaban J connectivity index is 1.19. The number of amides is 1. The second kappa shape index (κ2) is 15.2. The summed E-state index contributed by atoms with van der Waals surface area (Å²) in [6, 6.07) is 3.40. The first-order chi connectivity index (χ1) is 20.9. The van der Waals surface area contributed by atoms with Crippen LogP contribution in [0.3, 0.4) is 0 Å². The molecule has 4 aliphatic rings. The van der Waals surface area contributed by atoms with Crippen LogP contribution in [0.4, 0.5) is 0 Å². The van der Waals surface area contributed by atoms with E-state index in [1.54, 1.807) is 17.7 Å². The summed E-state index contributed by atoms with van der Waals surface area (Å²) in [7, 11) is 0. The van der Waals surface area contributed by atoms with Crippen molar-refractivity contribution in [3.8, 4) is 0 Å². The third-order valence-corrected chi connectivity index (χ3v) is 10.2. The van der Waals surface area contributed by atoms with E-state index in [-0.39, 0.29) is 23.4 Å². The van der Waals surface area contributed by atoms with Gasteiger partial charge in [-0.05, 0) is 156 Å². The number of hydrogen-bond acceptors (Lipinski definition) is 4. The molecule has 5 heteroatoms. The lowest BCUT2D eigenvalue weighted by molar-refractivity contribution is -0.119. The summed E-state index contributed by atoms with van der Waals surface area (Å²) >= 11 is 0. The predicted molar refractivity (Wildman–Crippen MR) is 175 cm³/mol. The van der Waals surface area contributed by atoms with Crippen LogP contribution in [0.2, 0.25) is 0 Å². The molecule has 4 aliphatic carbocycles. The number of ketones is 1. The molecule has 0 bridgehead atoms. The molecule has 232 valence electrons. The number of carbonyl (C=O) groups is 2. The monoisotopic (exact) mass is 584 g/mol. The number of carbonyl (C=O) groups excluding carboxylic acids is 2. The third kappa shape index (κ3) is 9.03. The van der Waals surface area contributed by atoms with Gasteiger partial charge in [0.25, 0.3) is 5.91 Å². The molecule has 1 saturated carbocycles. The van der Waals surface area contributed by atoms with Gasteiger partial charge < -0.3 is 9.73 Å². The van der Waals surface area contributed by atoms with Crippen LogP contribution in [-0.2, 0) is 4.79 Å². The molecule has 1 N–H and O–H groups in total. The highest BCUT2D eigenvalue weighted by Gasteiger charge is 2.42. The lowest BCUT2D eigenvalue weighted by Crippen LogP contribution is -2.26. The normalized spacial score (nSPS) is 21.9. The highest BCUT2D eigenvalue weighted by molar-refractivity contribution is 6.00. The fourth-order valence-electron chi connectivity index (χ4n) is 7.10. The quantitative estimate of drug-likeness (QED) is 0.175. The Morgan fingerprint density at radius 1 is 1.02 bits per heavy atom. The molecule has 0 spiro atoms. The molecule has 5 rings (SSSR count). The minimum Gasteiger partial charge on any atom is -0.459 e. The van der Waals surface area contributed by atoms with Gasteiger partial charge in [-0.2, -0.15) is 0 Å². The predicted octanol–water partition coefficient (Wildman–Crippen LogP) is 9.77. The minimum atomic E-state index is -0.259. The van der Waals surface area contributed by atoms with E-state index in [9.17, 15) is 9.59 Å². The molecule has 0 aliphatic heterocycles. The second-order valence-corrected chi connectivity index (χ2v) is 13.6. The van der Waals surface area contributed by atoms with Gasteiger partial charge in [-0.1, -0.05) is 31.1 Å². The molecule has 5 nitrogen and oxygen atoms in total. The smallest absolute Gasteiger partial charge is 0.291 e. The van der Waals surface area contributed by atoms with Crippen molar-refractivity contribution in [3.05, 3.63) is 70.4 Å².